The van der Waals surface area contributed by atoms with Gasteiger partial charge in [-0.1, -0.05) is 65.2 Å². The lowest BCUT2D eigenvalue weighted by Gasteiger charge is -2.07. The summed E-state index contributed by atoms with van der Waals surface area (Å²) in [4.78, 5) is 0. The van der Waals surface area contributed by atoms with Crippen molar-refractivity contribution in [2.24, 2.45) is 0 Å². The summed E-state index contributed by atoms with van der Waals surface area (Å²) in [6.07, 6.45) is 10.7. The first-order valence-electron chi connectivity index (χ1n) is 6.45. The molecule has 0 aliphatic heterocycles. The average molecular weight is 202 g/mol. The Balaban J connectivity index is 3.06. The molecule has 0 N–H and O–H groups in total. The fraction of sp³-hybridized carbons (Fsp3) is 1.00. The van der Waals surface area contributed by atoms with Crippen molar-refractivity contribution in [3.8, 4) is 0 Å². The van der Waals surface area contributed by atoms with E-state index in [-0.39, 0.29) is 0 Å². The summed E-state index contributed by atoms with van der Waals surface area (Å²) in [5, 5.41) is 0. The predicted molar refractivity (Wildman–Crippen MR) is 62.4 cm³/mol. The van der Waals surface area contributed by atoms with Gasteiger partial charge in [-0.2, -0.15) is 0 Å². The van der Waals surface area contributed by atoms with Crippen molar-refractivity contribution in [1.29, 1.82) is 0 Å². The van der Waals surface area contributed by atoms with Crippen LogP contribution in [0.4, 0.5) is 4.39 Å². The number of halogens is 1. The number of alkyl halides is 1. The van der Waals surface area contributed by atoms with Crippen LogP contribution in [0.25, 0.3) is 0 Å². The highest BCUT2D eigenvalue weighted by atomic mass is 19.1. The Kier molecular flexibility index (Phi) is 11.0. The molecule has 0 radical (unpaired) electrons. The van der Waals surface area contributed by atoms with E-state index in [0.717, 1.165) is 25.7 Å². The van der Waals surface area contributed by atoms with Crippen LogP contribution >= 0.6 is 0 Å². The quantitative estimate of drug-likeness (QED) is 0.424. The first kappa shape index (κ1) is 13.9. The predicted octanol–water partition coefficient (Wildman–Crippen LogP) is 5.27. The standard InChI is InChI=1S/C13H27F/c1-3-5-7-8-10-12-13(14)11-9-6-4-2/h13H,3-12H2,1-2H3. The van der Waals surface area contributed by atoms with Crippen molar-refractivity contribution in [2.75, 3.05) is 0 Å². The minimum atomic E-state index is -0.525. The van der Waals surface area contributed by atoms with E-state index in [1.165, 1.54) is 38.5 Å². The van der Waals surface area contributed by atoms with E-state index in [2.05, 4.69) is 13.8 Å². The molecule has 0 aromatic carbocycles. The molecule has 0 fully saturated rings. The molecule has 0 aromatic rings. The van der Waals surface area contributed by atoms with Crippen LogP contribution in [0, 0.1) is 0 Å². The molecule has 1 unspecified atom stereocenters. The van der Waals surface area contributed by atoms with Crippen molar-refractivity contribution in [3.05, 3.63) is 0 Å². The summed E-state index contributed by atoms with van der Waals surface area (Å²) in [5.41, 5.74) is 0. The molecule has 14 heavy (non-hydrogen) atoms. The van der Waals surface area contributed by atoms with Gasteiger partial charge in [-0.15, -0.1) is 0 Å². The largest absolute Gasteiger partial charge is 0.247 e. The van der Waals surface area contributed by atoms with Crippen LogP contribution in [0.5, 0.6) is 0 Å². The molecule has 0 amide bonds. The van der Waals surface area contributed by atoms with Gasteiger partial charge < -0.3 is 0 Å². The maximum atomic E-state index is 13.2. The lowest BCUT2D eigenvalue weighted by molar-refractivity contribution is 0.280. The van der Waals surface area contributed by atoms with Crippen molar-refractivity contribution in [1.82, 2.24) is 0 Å². The van der Waals surface area contributed by atoms with Crippen LogP contribution < -0.4 is 0 Å². The molecule has 86 valence electrons. The fourth-order valence-corrected chi connectivity index (χ4v) is 1.73. The van der Waals surface area contributed by atoms with E-state index in [1.54, 1.807) is 0 Å². The SMILES string of the molecule is CCCCCCCC(F)CCCCC. The number of hydrogen-bond acceptors (Lipinski definition) is 0. The van der Waals surface area contributed by atoms with E-state index < -0.39 is 6.17 Å². The Labute approximate surface area is 89.3 Å². The molecule has 0 saturated heterocycles. The zero-order valence-corrected chi connectivity index (χ0v) is 10.0. The van der Waals surface area contributed by atoms with Crippen molar-refractivity contribution in [2.45, 2.75) is 84.2 Å². The van der Waals surface area contributed by atoms with Gasteiger partial charge in [-0.25, -0.2) is 4.39 Å². The maximum Gasteiger partial charge on any atom is 0.100 e. The molecule has 0 spiro atoms. The Bertz CT molecular complexity index is 101. The van der Waals surface area contributed by atoms with Gasteiger partial charge in [-0.05, 0) is 12.8 Å². The Morgan fingerprint density at radius 3 is 1.71 bits per heavy atom. The van der Waals surface area contributed by atoms with E-state index in [1.807, 2.05) is 0 Å². The molecule has 0 saturated carbocycles. The lowest BCUT2D eigenvalue weighted by atomic mass is 10.0. The number of unbranched alkanes of at least 4 members (excludes halogenated alkanes) is 6. The summed E-state index contributed by atoms with van der Waals surface area (Å²) in [6.45, 7) is 4.38. The third-order valence-electron chi connectivity index (χ3n) is 2.74. The first-order chi connectivity index (χ1) is 6.81. The zero-order valence-electron chi connectivity index (χ0n) is 10.0. The molecule has 0 heterocycles. The molecule has 0 aliphatic carbocycles. The van der Waals surface area contributed by atoms with Gasteiger partial charge in [0.05, 0.1) is 0 Å². The van der Waals surface area contributed by atoms with Gasteiger partial charge in [0.25, 0.3) is 0 Å². The van der Waals surface area contributed by atoms with Crippen molar-refractivity contribution < 1.29 is 4.39 Å². The van der Waals surface area contributed by atoms with Gasteiger partial charge in [0.2, 0.25) is 0 Å². The minimum Gasteiger partial charge on any atom is -0.247 e. The van der Waals surface area contributed by atoms with E-state index in [4.69, 9.17) is 0 Å². The molecule has 1 heteroatoms. The van der Waals surface area contributed by atoms with Crippen LogP contribution in [-0.2, 0) is 0 Å². The fourth-order valence-electron chi connectivity index (χ4n) is 1.73. The van der Waals surface area contributed by atoms with Crippen LogP contribution in [0.2, 0.25) is 0 Å². The second kappa shape index (κ2) is 11.0. The summed E-state index contributed by atoms with van der Waals surface area (Å²) >= 11 is 0. The Hall–Kier alpha value is -0.0700. The zero-order chi connectivity index (χ0) is 10.6. The van der Waals surface area contributed by atoms with Crippen LogP contribution in [-0.4, -0.2) is 6.17 Å². The highest BCUT2D eigenvalue weighted by Gasteiger charge is 2.04. The molecule has 0 aromatic heterocycles. The molecule has 0 aliphatic rings. The lowest BCUT2D eigenvalue weighted by Crippen LogP contribution is -1.99. The summed E-state index contributed by atoms with van der Waals surface area (Å²) in [6, 6.07) is 0. The Morgan fingerprint density at radius 2 is 1.14 bits per heavy atom. The van der Waals surface area contributed by atoms with Gasteiger partial charge in [0.1, 0.15) is 6.17 Å². The monoisotopic (exact) mass is 202 g/mol. The maximum absolute atomic E-state index is 13.2. The van der Waals surface area contributed by atoms with Gasteiger partial charge in [-0.3, -0.25) is 0 Å². The Morgan fingerprint density at radius 1 is 0.714 bits per heavy atom. The van der Waals surface area contributed by atoms with Gasteiger partial charge >= 0.3 is 0 Å². The van der Waals surface area contributed by atoms with Crippen LogP contribution in [0.1, 0.15) is 78.1 Å². The smallest absolute Gasteiger partial charge is 0.100 e. The molecule has 0 bridgehead atoms. The molecular weight excluding hydrogens is 175 g/mol. The second-order valence-electron chi connectivity index (χ2n) is 4.30. The average Bonchev–Trinajstić information content (AvgIpc) is 2.18. The number of rotatable bonds is 10. The normalized spacial score (nSPS) is 13.1. The van der Waals surface area contributed by atoms with E-state index >= 15 is 0 Å². The van der Waals surface area contributed by atoms with Crippen LogP contribution in [0.15, 0.2) is 0 Å². The topological polar surface area (TPSA) is 0 Å². The molecule has 0 nitrogen and oxygen atoms in total. The molecule has 1 atom stereocenters. The highest BCUT2D eigenvalue weighted by Crippen LogP contribution is 2.14. The van der Waals surface area contributed by atoms with Gasteiger partial charge in [0.15, 0.2) is 0 Å². The van der Waals surface area contributed by atoms with Crippen LogP contribution in [0.3, 0.4) is 0 Å². The van der Waals surface area contributed by atoms with E-state index in [9.17, 15) is 4.39 Å². The second-order valence-corrected chi connectivity index (χ2v) is 4.30. The molecule has 0 rings (SSSR count). The van der Waals surface area contributed by atoms with Crippen molar-refractivity contribution >= 4 is 0 Å². The third kappa shape index (κ3) is 10.0. The van der Waals surface area contributed by atoms with E-state index in [0.29, 0.717) is 0 Å². The summed E-state index contributed by atoms with van der Waals surface area (Å²) < 4.78 is 13.2. The van der Waals surface area contributed by atoms with Crippen molar-refractivity contribution in [3.63, 3.8) is 0 Å². The summed E-state index contributed by atoms with van der Waals surface area (Å²) in [5.74, 6) is 0. The number of hydrogen-bond donors (Lipinski definition) is 0. The summed E-state index contributed by atoms with van der Waals surface area (Å²) in [7, 11) is 0. The molecular formula is C13H27F. The third-order valence-corrected chi connectivity index (χ3v) is 2.74. The minimum absolute atomic E-state index is 0.525. The van der Waals surface area contributed by atoms with Gasteiger partial charge in [0, 0.05) is 0 Å². The highest BCUT2D eigenvalue weighted by molar-refractivity contribution is 4.57. The first-order valence-corrected chi connectivity index (χ1v) is 6.45.